The van der Waals surface area contributed by atoms with Crippen LogP contribution in [0.1, 0.15) is 6.42 Å². The number of ether oxygens (including phenoxy) is 2. The van der Waals surface area contributed by atoms with Crippen LogP contribution >= 0.6 is 0 Å². The Morgan fingerprint density at radius 1 is 1.08 bits per heavy atom. The molecule has 1 aromatic rings. The number of rotatable bonds is 5. The summed E-state index contributed by atoms with van der Waals surface area (Å²) in [4.78, 5) is 28.2. The number of nitrogens with one attached hydrogen (secondary N) is 1. The highest BCUT2D eigenvalue weighted by Crippen LogP contribution is 2.11. The second kappa shape index (κ2) is 8.82. The van der Waals surface area contributed by atoms with E-state index in [1.807, 2.05) is 35.2 Å². The minimum absolute atomic E-state index is 0.0273. The molecule has 3 rings (SSSR count). The minimum Gasteiger partial charge on any atom is -0.484 e. The number of benzene rings is 1. The third-order valence-electron chi connectivity index (χ3n) is 4.50. The van der Waals surface area contributed by atoms with Gasteiger partial charge < -0.3 is 24.6 Å². The van der Waals surface area contributed by atoms with Crippen molar-refractivity contribution < 1.29 is 19.1 Å². The Kier molecular flexibility index (Phi) is 6.25. The largest absolute Gasteiger partial charge is 0.484 e. The van der Waals surface area contributed by atoms with Crippen LogP contribution in [-0.2, 0) is 14.3 Å². The molecule has 1 atom stereocenters. The van der Waals surface area contributed by atoms with Crippen molar-refractivity contribution in [3.63, 3.8) is 0 Å². The molecule has 0 bridgehead atoms. The van der Waals surface area contributed by atoms with Crippen LogP contribution < -0.4 is 10.1 Å². The highest BCUT2D eigenvalue weighted by molar-refractivity contribution is 5.79. The molecular weight excluding hydrogens is 322 g/mol. The fraction of sp³-hybridized carbons (Fsp3) is 0.556. The lowest BCUT2D eigenvalue weighted by molar-refractivity contribution is -0.142. The first-order chi connectivity index (χ1) is 12.2. The molecule has 0 spiro atoms. The first kappa shape index (κ1) is 17.7. The van der Waals surface area contributed by atoms with E-state index in [1.54, 1.807) is 4.90 Å². The second-order valence-electron chi connectivity index (χ2n) is 6.26. The van der Waals surface area contributed by atoms with Crippen LogP contribution in [0.15, 0.2) is 30.3 Å². The van der Waals surface area contributed by atoms with Gasteiger partial charge in [-0.05, 0) is 12.1 Å². The van der Waals surface area contributed by atoms with E-state index in [1.165, 1.54) is 0 Å². The molecular formula is C18H25N3O4. The average molecular weight is 347 g/mol. The number of carbonyl (C=O) groups is 2. The highest BCUT2D eigenvalue weighted by Gasteiger charge is 2.26. The molecule has 2 saturated heterocycles. The van der Waals surface area contributed by atoms with Crippen molar-refractivity contribution >= 4 is 11.8 Å². The van der Waals surface area contributed by atoms with Crippen LogP contribution in [0.5, 0.6) is 5.75 Å². The molecule has 0 saturated carbocycles. The van der Waals surface area contributed by atoms with Crippen LogP contribution in [-0.4, -0.2) is 80.2 Å². The monoisotopic (exact) mass is 347 g/mol. The number of nitrogens with zero attached hydrogens (tertiary/aromatic N) is 2. The molecule has 0 radical (unpaired) electrons. The molecule has 2 aliphatic rings. The minimum atomic E-state index is -0.0456. The van der Waals surface area contributed by atoms with Crippen LogP contribution in [0.25, 0.3) is 0 Å². The summed E-state index contributed by atoms with van der Waals surface area (Å²) in [6.45, 7) is 4.48. The Bertz CT molecular complexity index is 567. The van der Waals surface area contributed by atoms with E-state index in [9.17, 15) is 9.59 Å². The van der Waals surface area contributed by atoms with Crippen LogP contribution in [0, 0.1) is 0 Å². The molecule has 2 fully saturated rings. The number of para-hydroxylation sites is 1. The lowest BCUT2D eigenvalue weighted by Gasteiger charge is -2.35. The van der Waals surface area contributed by atoms with Gasteiger partial charge in [0.05, 0.1) is 19.1 Å². The van der Waals surface area contributed by atoms with Gasteiger partial charge in [0.1, 0.15) is 5.75 Å². The summed E-state index contributed by atoms with van der Waals surface area (Å²) in [7, 11) is 0. The molecule has 136 valence electrons. The molecule has 2 amide bonds. The SMILES string of the molecule is O=C(COc1ccccc1)N1CCN(C(=O)C[C@@H]2CNCCO2)CC1. The lowest BCUT2D eigenvalue weighted by Crippen LogP contribution is -2.52. The summed E-state index contributed by atoms with van der Waals surface area (Å²) in [5, 5.41) is 3.23. The Morgan fingerprint density at radius 3 is 2.40 bits per heavy atom. The van der Waals surface area contributed by atoms with Crippen molar-refractivity contribution in [1.82, 2.24) is 15.1 Å². The first-order valence-corrected chi connectivity index (χ1v) is 8.78. The van der Waals surface area contributed by atoms with Gasteiger partial charge in [0, 0.05) is 39.3 Å². The quantitative estimate of drug-likeness (QED) is 0.819. The maximum atomic E-state index is 12.3. The van der Waals surface area contributed by atoms with Gasteiger partial charge in [-0.25, -0.2) is 0 Å². The molecule has 1 aromatic carbocycles. The van der Waals surface area contributed by atoms with Gasteiger partial charge in [0.2, 0.25) is 5.91 Å². The van der Waals surface area contributed by atoms with E-state index < -0.39 is 0 Å². The van der Waals surface area contributed by atoms with Crippen molar-refractivity contribution in [1.29, 1.82) is 0 Å². The Balaban J connectivity index is 1.38. The van der Waals surface area contributed by atoms with Crippen molar-refractivity contribution in [2.45, 2.75) is 12.5 Å². The first-order valence-electron chi connectivity index (χ1n) is 8.78. The van der Waals surface area contributed by atoms with E-state index in [2.05, 4.69) is 5.32 Å². The third kappa shape index (κ3) is 5.17. The number of hydrogen-bond acceptors (Lipinski definition) is 5. The number of carbonyl (C=O) groups excluding carboxylic acids is 2. The summed E-state index contributed by atoms with van der Waals surface area (Å²) in [6, 6.07) is 9.29. The van der Waals surface area contributed by atoms with Gasteiger partial charge in [0.25, 0.3) is 5.91 Å². The van der Waals surface area contributed by atoms with E-state index in [-0.39, 0.29) is 24.5 Å². The molecule has 7 nitrogen and oxygen atoms in total. The van der Waals surface area contributed by atoms with Gasteiger partial charge >= 0.3 is 0 Å². The van der Waals surface area contributed by atoms with Crippen LogP contribution in [0.4, 0.5) is 0 Å². The van der Waals surface area contributed by atoms with E-state index >= 15 is 0 Å². The smallest absolute Gasteiger partial charge is 0.260 e. The van der Waals surface area contributed by atoms with Gasteiger partial charge in [-0.15, -0.1) is 0 Å². The van der Waals surface area contributed by atoms with Gasteiger partial charge in [-0.1, -0.05) is 18.2 Å². The Labute approximate surface area is 147 Å². The van der Waals surface area contributed by atoms with Crippen LogP contribution in [0.2, 0.25) is 0 Å². The van der Waals surface area contributed by atoms with Crippen LogP contribution in [0.3, 0.4) is 0 Å². The molecule has 0 aliphatic carbocycles. The molecule has 2 heterocycles. The maximum Gasteiger partial charge on any atom is 0.260 e. The number of piperazine rings is 1. The third-order valence-corrected chi connectivity index (χ3v) is 4.50. The number of hydrogen-bond donors (Lipinski definition) is 1. The van der Waals surface area contributed by atoms with Crippen molar-refractivity contribution in [3.05, 3.63) is 30.3 Å². The average Bonchev–Trinajstić information content (AvgIpc) is 2.68. The maximum absolute atomic E-state index is 12.3. The number of amides is 2. The van der Waals surface area contributed by atoms with E-state index in [0.29, 0.717) is 45.0 Å². The molecule has 0 unspecified atom stereocenters. The number of morpholine rings is 1. The van der Waals surface area contributed by atoms with E-state index in [0.717, 1.165) is 13.1 Å². The summed E-state index contributed by atoms with van der Waals surface area (Å²) < 4.78 is 11.1. The molecule has 7 heteroatoms. The van der Waals surface area contributed by atoms with E-state index in [4.69, 9.17) is 9.47 Å². The zero-order valence-electron chi connectivity index (χ0n) is 14.4. The Hall–Kier alpha value is -2.12. The fourth-order valence-electron chi connectivity index (χ4n) is 3.03. The second-order valence-corrected chi connectivity index (χ2v) is 6.26. The molecule has 2 aliphatic heterocycles. The Morgan fingerprint density at radius 2 is 1.76 bits per heavy atom. The van der Waals surface area contributed by atoms with Crippen molar-refractivity contribution in [3.8, 4) is 5.75 Å². The normalized spacial score (nSPS) is 21.0. The molecule has 1 N–H and O–H groups in total. The summed E-state index contributed by atoms with van der Waals surface area (Å²) >= 11 is 0. The zero-order valence-corrected chi connectivity index (χ0v) is 14.4. The van der Waals surface area contributed by atoms with Crippen molar-refractivity contribution in [2.24, 2.45) is 0 Å². The molecule has 25 heavy (non-hydrogen) atoms. The topological polar surface area (TPSA) is 71.1 Å². The summed E-state index contributed by atoms with van der Waals surface area (Å²) in [5.41, 5.74) is 0. The fourth-order valence-corrected chi connectivity index (χ4v) is 3.03. The van der Waals surface area contributed by atoms with Gasteiger partial charge in [-0.2, -0.15) is 0 Å². The van der Waals surface area contributed by atoms with Gasteiger partial charge in [-0.3, -0.25) is 9.59 Å². The van der Waals surface area contributed by atoms with Crippen molar-refractivity contribution in [2.75, 3.05) is 52.5 Å². The predicted molar refractivity (Wildman–Crippen MR) is 92.3 cm³/mol. The highest BCUT2D eigenvalue weighted by atomic mass is 16.5. The summed E-state index contributed by atoms with van der Waals surface area (Å²) in [5.74, 6) is 0.739. The molecule has 0 aromatic heterocycles. The van der Waals surface area contributed by atoms with Gasteiger partial charge in [0.15, 0.2) is 6.61 Å². The lowest BCUT2D eigenvalue weighted by atomic mass is 10.2. The standard InChI is InChI=1S/C18H25N3O4/c22-17(12-16-13-19-6-11-24-16)20-7-9-21(10-8-20)18(23)14-25-15-4-2-1-3-5-15/h1-5,16,19H,6-14H2/t16-/m1/s1. The summed E-state index contributed by atoms with van der Waals surface area (Å²) in [6.07, 6.45) is 0.359. The predicted octanol–water partition coefficient (Wildman–Crippen LogP) is 0.115. The zero-order chi connectivity index (χ0) is 17.5.